The molecular weight excluding hydrogens is 138 g/mol. The normalized spacial score (nSPS) is 10.2. The quantitative estimate of drug-likeness (QED) is 0.563. The van der Waals surface area contributed by atoms with E-state index in [1.165, 1.54) is 6.20 Å². The summed E-state index contributed by atoms with van der Waals surface area (Å²) in [4.78, 5) is 8.09. The summed E-state index contributed by atoms with van der Waals surface area (Å²) >= 11 is 0. The molecule has 0 fully saturated rings. The van der Waals surface area contributed by atoms with Crippen molar-refractivity contribution in [2.45, 2.75) is 0 Å². The highest BCUT2D eigenvalue weighted by molar-refractivity contribution is 5.75. The van der Waals surface area contributed by atoms with Crippen molar-refractivity contribution in [1.82, 2.24) is 15.7 Å². The van der Waals surface area contributed by atoms with Crippen LogP contribution in [0.2, 0.25) is 0 Å². The maximum Gasteiger partial charge on any atom is 0.0907 e. The minimum absolute atomic E-state index is 0.399. The predicted octanol–water partition coefficient (Wildman–Crippen LogP) is 1.54. The van der Waals surface area contributed by atoms with Gasteiger partial charge in [-0.15, -0.1) is 0 Å². The Balaban J connectivity index is 2.83. The molecule has 2 rings (SSSR count). The lowest BCUT2D eigenvalue weighted by molar-refractivity contribution is 1.31. The van der Waals surface area contributed by atoms with E-state index < -0.39 is 0 Å². The van der Waals surface area contributed by atoms with Crippen LogP contribution in [0.1, 0.15) is 0 Å². The number of hydrogen-bond donors (Lipinski definition) is 0. The van der Waals surface area contributed by atoms with Gasteiger partial charge in [0, 0.05) is 6.20 Å². The molecule has 0 saturated carbocycles. The van der Waals surface area contributed by atoms with E-state index in [2.05, 4.69) is 9.97 Å². The summed E-state index contributed by atoms with van der Waals surface area (Å²) in [6, 6.07) is 5.41. The summed E-state index contributed by atoms with van der Waals surface area (Å²) in [7, 11) is 0. The summed E-state index contributed by atoms with van der Waals surface area (Å²) in [6.45, 7) is 0. The third kappa shape index (κ3) is 1.00. The molecule has 0 aliphatic carbocycles. The van der Waals surface area contributed by atoms with Crippen molar-refractivity contribution in [2.24, 2.45) is 0 Å². The van der Waals surface area contributed by atoms with Crippen molar-refractivity contribution >= 4 is 16.7 Å². The highest BCUT2D eigenvalue weighted by Gasteiger charge is 1.93. The molecule has 2 aromatic heterocycles. The molecule has 0 atom stereocenters. The summed E-state index contributed by atoms with van der Waals surface area (Å²) in [5, 5.41) is 0. The zero-order chi connectivity index (χ0) is 7.68. The van der Waals surface area contributed by atoms with Gasteiger partial charge in [-0.1, -0.05) is 0 Å². The minimum Gasteiger partial charge on any atom is -0.299 e. The number of rotatable bonds is 0. The van der Waals surface area contributed by atoms with Crippen molar-refractivity contribution < 1.29 is 0 Å². The summed E-state index contributed by atoms with van der Waals surface area (Å²) in [6.07, 6.45) is 3.22. The Hall–Kier alpha value is -1.64. The first-order chi connectivity index (χ1) is 5.36. The molecule has 0 aromatic carbocycles. The highest BCUT2D eigenvalue weighted by atomic mass is 14.8. The van der Waals surface area contributed by atoms with Gasteiger partial charge in [0.1, 0.15) is 0 Å². The molecule has 0 bridgehead atoms. The van der Waals surface area contributed by atoms with E-state index in [9.17, 15) is 0 Å². The van der Waals surface area contributed by atoms with E-state index in [-0.39, 0.29) is 0 Å². The third-order valence-corrected chi connectivity index (χ3v) is 1.45. The summed E-state index contributed by atoms with van der Waals surface area (Å²) in [5.74, 6) is 0. The van der Waals surface area contributed by atoms with Crippen LogP contribution in [-0.4, -0.2) is 9.97 Å². The fourth-order valence-electron chi connectivity index (χ4n) is 0.953. The topological polar surface area (TPSA) is 49.6 Å². The van der Waals surface area contributed by atoms with Crippen molar-refractivity contribution in [3.05, 3.63) is 30.6 Å². The Bertz CT molecular complexity index is 384. The van der Waals surface area contributed by atoms with Crippen LogP contribution in [0.3, 0.4) is 0 Å². The molecule has 0 aliphatic rings. The SMILES string of the molecule is [NH]c1cnc2cccnc2c1. The van der Waals surface area contributed by atoms with Crippen LogP contribution in [0.4, 0.5) is 5.69 Å². The molecule has 0 saturated heterocycles. The number of pyridine rings is 2. The second-order valence-corrected chi connectivity index (χ2v) is 2.27. The van der Waals surface area contributed by atoms with Crippen LogP contribution >= 0.6 is 0 Å². The molecule has 11 heavy (non-hydrogen) atoms. The fourth-order valence-corrected chi connectivity index (χ4v) is 0.953. The second kappa shape index (κ2) is 2.20. The number of aromatic nitrogens is 2. The van der Waals surface area contributed by atoms with Crippen molar-refractivity contribution in [2.75, 3.05) is 0 Å². The standard InChI is InChI=1S/C8H6N3/c9-6-4-8-7(11-5-6)2-1-3-10-8/h1-5,9H. The van der Waals surface area contributed by atoms with Gasteiger partial charge in [0.2, 0.25) is 0 Å². The van der Waals surface area contributed by atoms with Crippen LogP contribution in [0.15, 0.2) is 30.6 Å². The maximum absolute atomic E-state index is 7.27. The Kier molecular flexibility index (Phi) is 1.22. The number of fused-ring (bicyclic) bond motifs is 1. The largest absolute Gasteiger partial charge is 0.299 e. The van der Waals surface area contributed by atoms with Gasteiger partial charge >= 0.3 is 0 Å². The lowest BCUT2D eigenvalue weighted by Crippen LogP contribution is -1.81. The Labute approximate surface area is 63.9 Å². The zero-order valence-corrected chi connectivity index (χ0v) is 5.78. The van der Waals surface area contributed by atoms with Crippen LogP contribution in [0.25, 0.3) is 11.0 Å². The molecule has 0 aliphatic heterocycles. The molecular formula is C8H6N3. The second-order valence-electron chi connectivity index (χ2n) is 2.27. The Morgan fingerprint density at radius 1 is 1.18 bits per heavy atom. The molecule has 0 amide bonds. The van der Waals surface area contributed by atoms with E-state index >= 15 is 0 Å². The summed E-state index contributed by atoms with van der Waals surface area (Å²) < 4.78 is 0. The Morgan fingerprint density at radius 3 is 3.00 bits per heavy atom. The van der Waals surface area contributed by atoms with E-state index in [1.807, 2.05) is 12.1 Å². The molecule has 3 heteroatoms. The van der Waals surface area contributed by atoms with E-state index in [0.717, 1.165) is 11.0 Å². The van der Waals surface area contributed by atoms with E-state index in [4.69, 9.17) is 5.73 Å². The highest BCUT2D eigenvalue weighted by Crippen LogP contribution is 2.11. The Morgan fingerprint density at radius 2 is 2.09 bits per heavy atom. The molecule has 0 unspecified atom stereocenters. The van der Waals surface area contributed by atoms with Gasteiger partial charge in [-0.05, 0) is 18.2 Å². The van der Waals surface area contributed by atoms with Gasteiger partial charge in [-0.25, -0.2) is 0 Å². The maximum atomic E-state index is 7.27. The van der Waals surface area contributed by atoms with Crippen LogP contribution < -0.4 is 5.73 Å². The van der Waals surface area contributed by atoms with Crippen molar-refractivity contribution in [1.29, 1.82) is 0 Å². The summed E-state index contributed by atoms with van der Waals surface area (Å²) in [5.41, 5.74) is 9.29. The lowest BCUT2D eigenvalue weighted by Gasteiger charge is -1.94. The zero-order valence-electron chi connectivity index (χ0n) is 5.78. The van der Waals surface area contributed by atoms with Crippen LogP contribution in [-0.2, 0) is 0 Å². The first kappa shape index (κ1) is 6.09. The third-order valence-electron chi connectivity index (χ3n) is 1.45. The molecule has 1 radical (unpaired) electrons. The molecule has 2 heterocycles. The number of nitrogens with zero attached hydrogens (tertiary/aromatic N) is 2. The van der Waals surface area contributed by atoms with Crippen LogP contribution in [0, 0.1) is 0 Å². The first-order valence-electron chi connectivity index (χ1n) is 3.28. The molecule has 1 N–H and O–H groups in total. The minimum atomic E-state index is 0.399. The van der Waals surface area contributed by atoms with E-state index in [0.29, 0.717) is 5.69 Å². The molecule has 3 nitrogen and oxygen atoms in total. The molecule has 53 valence electrons. The number of nitrogens with one attached hydrogen (secondary N) is 1. The monoisotopic (exact) mass is 144 g/mol. The smallest absolute Gasteiger partial charge is 0.0907 e. The first-order valence-corrected chi connectivity index (χ1v) is 3.28. The van der Waals surface area contributed by atoms with Gasteiger partial charge < -0.3 is 0 Å². The number of hydrogen-bond acceptors (Lipinski definition) is 2. The van der Waals surface area contributed by atoms with Crippen molar-refractivity contribution in [3.63, 3.8) is 0 Å². The van der Waals surface area contributed by atoms with Crippen molar-refractivity contribution in [3.8, 4) is 0 Å². The van der Waals surface area contributed by atoms with Gasteiger partial charge in [0.15, 0.2) is 0 Å². The molecule has 0 spiro atoms. The average Bonchev–Trinajstić information content (AvgIpc) is 2.04. The average molecular weight is 144 g/mol. The van der Waals surface area contributed by atoms with Gasteiger partial charge in [-0.2, -0.15) is 0 Å². The van der Waals surface area contributed by atoms with E-state index in [1.54, 1.807) is 12.3 Å². The lowest BCUT2D eigenvalue weighted by atomic mass is 10.3. The predicted molar refractivity (Wildman–Crippen MR) is 42.3 cm³/mol. The van der Waals surface area contributed by atoms with Gasteiger partial charge in [-0.3, -0.25) is 15.7 Å². The van der Waals surface area contributed by atoms with Crippen LogP contribution in [0.5, 0.6) is 0 Å². The van der Waals surface area contributed by atoms with Gasteiger partial charge in [0.25, 0.3) is 0 Å². The van der Waals surface area contributed by atoms with Gasteiger partial charge in [0.05, 0.1) is 22.9 Å². The molecule has 2 aromatic rings. The fraction of sp³-hybridized carbons (Fsp3) is 0.